The van der Waals surface area contributed by atoms with Gasteiger partial charge in [0.2, 0.25) is 0 Å². The summed E-state index contributed by atoms with van der Waals surface area (Å²) in [4.78, 5) is 20.3. The Morgan fingerprint density at radius 2 is 1.00 bits per heavy atom. The number of rotatable bonds is 6. The standard InChI is InChI=1S/C52H33N7S/c53-48-44(58-60)29-28-42-47(48)41-20-4-7-21-43(41)54-49(42)33-26-24-32(25-27-33)35-14-10-15-36(30-35)51-55-50(34-12-2-1-3-13-34)56-52(57-51)37-16-11-17-38(31-37)59-45-22-8-5-18-39(45)40-19-6-9-23-46(40)59/h1-31,53,60H/b53-48?,58-44-. The molecule has 1 N–H and O–H groups in total. The van der Waals surface area contributed by atoms with E-state index in [0.717, 1.165) is 77.8 Å². The van der Waals surface area contributed by atoms with Gasteiger partial charge in [-0.3, -0.25) is 5.41 Å². The minimum Gasteiger partial charge on any atom is -0.309 e. The lowest BCUT2D eigenvalue weighted by Gasteiger charge is -2.19. The van der Waals surface area contributed by atoms with Crippen molar-refractivity contribution in [3.8, 4) is 62.2 Å². The molecule has 0 amide bonds. The zero-order valence-corrected chi connectivity index (χ0v) is 32.9. The van der Waals surface area contributed by atoms with Crippen LogP contribution in [0.5, 0.6) is 0 Å². The van der Waals surface area contributed by atoms with E-state index >= 15 is 0 Å². The monoisotopic (exact) mass is 787 g/mol. The Kier molecular flexibility index (Phi) is 8.57. The smallest absolute Gasteiger partial charge is 0.164 e. The first-order valence-corrected chi connectivity index (χ1v) is 20.1. The van der Waals surface area contributed by atoms with E-state index < -0.39 is 0 Å². The quantitative estimate of drug-likeness (QED) is 0.164. The van der Waals surface area contributed by atoms with Gasteiger partial charge in [0.25, 0.3) is 0 Å². The molecule has 282 valence electrons. The molecule has 0 radical (unpaired) electrons. The number of nitrogens with one attached hydrogen (secondary N) is 1. The molecule has 0 unspecified atom stereocenters. The molecule has 60 heavy (non-hydrogen) atoms. The van der Waals surface area contributed by atoms with Gasteiger partial charge in [-0.2, -0.15) is 0 Å². The number of fused-ring (bicyclic) bond motifs is 6. The lowest BCUT2D eigenvalue weighted by molar-refractivity contribution is 1.07. The fourth-order valence-corrected chi connectivity index (χ4v) is 8.50. The maximum Gasteiger partial charge on any atom is 0.164 e. The maximum atomic E-state index is 8.95. The molecule has 0 saturated carbocycles. The van der Waals surface area contributed by atoms with Crippen LogP contribution in [0.3, 0.4) is 0 Å². The van der Waals surface area contributed by atoms with Gasteiger partial charge in [-0.25, -0.2) is 24.3 Å². The van der Waals surface area contributed by atoms with Gasteiger partial charge >= 0.3 is 0 Å². The SMILES string of the molecule is N=C1/C(=N\S)C=Cc2c(-c3ccc(-c4cccc(-c5nc(-c6ccccc6)nc(-c6cccc(-n7c8ccccc8c8ccccc87)c6)n5)c4)cc3)nc3ccccc3c21. The molecular formula is C52H33N7S. The number of hydrogen-bond acceptors (Lipinski definition) is 7. The Morgan fingerprint density at radius 3 is 1.70 bits per heavy atom. The summed E-state index contributed by atoms with van der Waals surface area (Å²) < 4.78 is 6.36. The molecule has 3 aromatic heterocycles. The van der Waals surface area contributed by atoms with Crippen molar-refractivity contribution in [2.45, 2.75) is 0 Å². The molecule has 0 bridgehead atoms. The number of nitrogens with zero attached hydrogens (tertiary/aromatic N) is 6. The Hall–Kier alpha value is -7.81. The number of thiol groups is 1. The van der Waals surface area contributed by atoms with Gasteiger partial charge in [-0.15, -0.1) is 0 Å². The summed E-state index contributed by atoms with van der Waals surface area (Å²) in [5.41, 5.74) is 13.2. The van der Waals surface area contributed by atoms with E-state index in [-0.39, 0.29) is 0 Å². The number of pyridine rings is 1. The fourth-order valence-electron chi connectivity index (χ4n) is 8.33. The summed E-state index contributed by atoms with van der Waals surface area (Å²) in [6.07, 6.45) is 3.82. The predicted octanol–water partition coefficient (Wildman–Crippen LogP) is 12.5. The van der Waals surface area contributed by atoms with Crippen LogP contribution in [0.2, 0.25) is 0 Å². The molecule has 10 aromatic rings. The zero-order valence-electron chi connectivity index (χ0n) is 32.0. The molecule has 7 nitrogen and oxygen atoms in total. The average Bonchev–Trinajstić information content (AvgIpc) is 3.66. The average molecular weight is 788 g/mol. The van der Waals surface area contributed by atoms with Gasteiger partial charge in [-0.1, -0.05) is 140 Å². The minimum absolute atomic E-state index is 0.337. The van der Waals surface area contributed by atoms with Crippen LogP contribution in [-0.4, -0.2) is 35.9 Å². The number of aromatic nitrogens is 5. The second-order valence-corrected chi connectivity index (χ2v) is 14.9. The third-order valence-corrected chi connectivity index (χ3v) is 11.4. The molecule has 7 aromatic carbocycles. The first-order valence-electron chi connectivity index (χ1n) is 19.7. The Balaban J connectivity index is 0.989. The first-order chi connectivity index (χ1) is 29.6. The van der Waals surface area contributed by atoms with E-state index in [0.29, 0.717) is 28.9 Å². The summed E-state index contributed by atoms with van der Waals surface area (Å²) >= 11 is 4.13. The molecule has 0 saturated heterocycles. The molecule has 0 atom stereocenters. The highest BCUT2D eigenvalue weighted by atomic mass is 32.1. The van der Waals surface area contributed by atoms with Crippen molar-refractivity contribution in [3.05, 3.63) is 193 Å². The van der Waals surface area contributed by atoms with Crippen LogP contribution in [0.15, 0.2) is 186 Å². The summed E-state index contributed by atoms with van der Waals surface area (Å²) in [5, 5.41) is 12.3. The highest BCUT2D eigenvalue weighted by Gasteiger charge is 2.23. The van der Waals surface area contributed by atoms with E-state index in [2.05, 4.69) is 137 Å². The van der Waals surface area contributed by atoms with Crippen LogP contribution in [0, 0.1) is 5.41 Å². The van der Waals surface area contributed by atoms with Gasteiger partial charge in [0.05, 0.1) is 33.7 Å². The van der Waals surface area contributed by atoms with Crippen LogP contribution in [0.4, 0.5) is 0 Å². The minimum atomic E-state index is 0.337. The zero-order chi connectivity index (χ0) is 40.2. The molecule has 11 rings (SSSR count). The Morgan fingerprint density at radius 1 is 0.450 bits per heavy atom. The van der Waals surface area contributed by atoms with Crippen molar-refractivity contribution < 1.29 is 0 Å². The second kappa shape index (κ2) is 14.5. The van der Waals surface area contributed by atoms with Crippen LogP contribution in [-0.2, 0) is 0 Å². The molecule has 1 aliphatic carbocycles. The maximum absolute atomic E-state index is 8.95. The van der Waals surface area contributed by atoms with Crippen molar-refractivity contribution >= 4 is 63.0 Å². The highest BCUT2D eigenvalue weighted by Crippen LogP contribution is 2.37. The Labute approximate surface area is 351 Å². The van der Waals surface area contributed by atoms with Gasteiger partial charge in [0, 0.05) is 55.2 Å². The van der Waals surface area contributed by atoms with Crippen molar-refractivity contribution in [2.24, 2.45) is 4.40 Å². The van der Waals surface area contributed by atoms with Crippen molar-refractivity contribution in [3.63, 3.8) is 0 Å². The second-order valence-electron chi connectivity index (χ2n) is 14.7. The lowest BCUT2D eigenvalue weighted by atomic mass is 9.88. The molecular weight excluding hydrogens is 755 g/mol. The summed E-state index contributed by atoms with van der Waals surface area (Å²) in [5.74, 6) is 1.79. The third kappa shape index (κ3) is 6.01. The largest absolute Gasteiger partial charge is 0.309 e. The van der Waals surface area contributed by atoms with Crippen molar-refractivity contribution in [2.75, 3.05) is 0 Å². The van der Waals surface area contributed by atoms with E-state index in [1.807, 2.05) is 72.8 Å². The normalized spacial score (nSPS) is 13.1. The van der Waals surface area contributed by atoms with Crippen molar-refractivity contribution in [1.29, 1.82) is 5.41 Å². The van der Waals surface area contributed by atoms with Crippen LogP contribution < -0.4 is 0 Å². The van der Waals surface area contributed by atoms with E-state index in [1.54, 1.807) is 0 Å². The lowest BCUT2D eigenvalue weighted by Crippen LogP contribution is -2.18. The van der Waals surface area contributed by atoms with Gasteiger partial charge in [0.15, 0.2) is 17.5 Å². The number of allylic oxidation sites excluding steroid dienone is 1. The van der Waals surface area contributed by atoms with Crippen molar-refractivity contribution in [1.82, 2.24) is 24.5 Å². The molecule has 0 aliphatic heterocycles. The van der Waals surface area contributed by atoms with E-state index in [1.165, 1.54) is 10.8 Å². The molecule has 1 aliphatic rings. The molecule has 8 heteroatoms. The molecule has 3 heterocycles. The van der Waals surface area contributed by atoms with Gasteiger partial charge < -0.3 is 4.57 Å². The van der Waals surface area contributed by atoms with Gasteiger partial charge in [0.1, 0.15) is 0 Å². The predicted molar refractivity (Wildman–Crippen MR) is 249 cm³/mol. The first kappa shape index (κ1) is 35.4. The number of hydrogen-bond donors (Lipinski definition) is 2. The van der Waals surface area contributed by atoms with Gasteiger partial charge in [-0.05, 0) is 72.5 Å². The molecule has 0 spiro atoms. The summed E-state index contributed by atoms with van der Waals surface area (Å²) in [7, 11) is 0. The Bertz CT molecular complexity index is 3350. The third-order valence-electron chi connectivity index (χ3n) is 11.2. The van der Waals surface area contributed by atoms with Crippen LogP contribution in [0.25, 0.3) is 101 Å². The van der Waals surface area contributed by atoms with E-state index in [4.69, 9.17) is 25.3 Å². The summed E-state index contributed by atoms with van der Waals surface area (Å²) in [6.45, 7) is 0. The fraction of sp³-hybridized carbons (Fsp3) is 0. The van der Waals surface area contributed by atoms with E-state index in [9.17, 15) is 0 Å². The topological polar surface area (TPSA) is 92.7 Å². The van der Waals surface area contributed by atoms with Crippen LogP contribution >= 0.6 is 12.8 Å². The highest BCUT2D eigenvalue weighted by molar-refractivity contribution is 7.79. The number of benzene rings is 7. The summed E-state index contributed by atoms with van der Waals surface area (Å²) in [6, 6.07) is 60.3. The van der Waals surface area contributed by atoms with Crippen LogP contribution in [0.1, 0.15) is 11.1 Å². The number of para-hydroxylation sites is 3. The molecule has 0 fully saturated rings.